The summed E-state index contributed by atoms with van der Waals surface area (Å²) < 4.78 is 6.62. The van der Waals surface area contributed by atoms with Gasteiger partial charge in [0.2, 0.25) is 0 Å². The van der Waals surface area contributed by atoms with Crippen molar-refractivity contribution in [1.29, 1.82) is 0 Å². The van der Waals surface area contributed by atoms with E-state index in [0.29, 0.717) is 24.7 Å². The molecule has 1 atom stereocenters. The molecule has 26 heavy (non-hydrogen) atoms. The zero-order chi connectivity index (χ0) is 18.5. The van der Waals surface area contributed by atoms with Crippen LogP contribution in [0, 0.1) is 0 Å². The SMILES string of the molecule is COCCn1ccc(NC(=O)C2=NN(c3ccccc3)C(C(=O)O)C2)n1. The second-order valence-corrected chi connectivity index (χ2v) is 5.70. The largest absolute Gasteiger partial charge is 0.480 e. The van der Waals surface area contributed by atoms with Crippen LogP contribution in [0.1, 0.15) is 6.42 Å². The maximum Gasteiger partial charge on any atom is 0.328 e. The van der Waals surface area contributed by atoms with Gasteiger partial charge in [0.25, 0.3) is 5.91 Å². The number of benzene rings is 1. The molecule has 3 rings (SSSR count). The van der Waals surface area contributed by atoms with Crippen molar-refractivity contribution < 1.29 is 19.4 Å². The van der Waals surface area contributed by atoms with E-state index in [1.807, 2.05) is 6.07 Å². The van der Waals surface area contributed by atoms with E-state index in [9.17, 15) is 14.7 Å². The van der Waals surface area contributed by atoms with Crippen LogP contribution < -0.4 is 10.3 Å². The van der Waals surface area contributed by atoms with Gasteiger partial charge in [-0.05, 0) is 12.1 Å². The van der Waals surface area contributed by atoms with Gasteiger partial charge in [-0.3, -0.25) is 14.5 Å². The summed E-state index contributed by atoms with van der Waals surface area (Å²) in [5.41, 5.74) is 0.763. The molecule has 1 amide bonds. The highest BCUT2D eigenvalue weighted by Gasteiger charge is 2.36. The number of para-hydroxylation sites is 1. The fraction of sp³-hybridized carbons (Fsp3) is 0.294. The van der Waals surface area contributed by atoms with E-state index in [1.165, 1.54) is 5.01 Å². The Morgan fingerprint density at radius 2 is 2.08 bits per heavy atom. The number of carbonyl (C=O) groups excluding carboxylic acids is 1. The predicted molar refractivity (Wildman–Crippen MR) is 95.1 cm³/mol. The third-order valence-corrected chi connectivity index (χ3v) is 3.89. The topological polar surface area (TPSA) is 109 Å². The third kappa shape index (κ3) is 3.89. The molecule has 9 nitrogen and oxygen atoms in total. The molecule has 136 valence electrons. The Kier molecular flexibility index (Phi) is 5.28. The molecule has 0 spiro atoms. The Morgan fingerprint density at radius 1 is 1.31 bits per heavy atom. The van der Waals surface area contributed by atoms with Gasteiger partial charge in [0.05, 0.1) is 18.8 Å². The maximum atomic E-state index is 12.4. The monoisotopic (exact) mass is 357 g/mol. The highest BCUT2D eigenvalue weighted by atomic mass is 16.5. The molecule has 0 saturated carbocycles. The number of carboxylic acid groups (broad SMARTS) is 1. The Labute approximate surface area is 149 Å². The molecule has 1 aliphatic heterocycles. The third-order valence-electron chi connectivity index (χ3n) is 3.89. The van der Waals surface area contributed by atoms with Crippen LogP contribution in [0.4, 0.5) is 11.5 Å². The molecule has 0 bridgehead atoms. The second kappa shape index (κ2) is 7.79. The Morgan fingerprint density at radius 3 is 2.77 bits per heavy atom. The molecule has 1 aliphatic rings. The molecule has 1 unspecified atom stereocenters. The first kappa shape index (κ1) is 17.6. The van der Waals surface area contributed by atoms with Crippen LogP contribution in [0.15, 0.2) is 47.7 Å². The molecule has 2 aromatic rings. The minimum atomic E-state index is -1.04. The van der Waals surface area contributed by atoms with Crippen LogP contribution in [0.2, 0.25) is 0 Å². The highest BCUT2D eigenvalue weighted by Crippen LogP contribution is 2.25. The van der Waals surface area contributed by atoms with Gasteiger partial charge in [-0.2, -0.15) is 10.2 Å². The minimum absolute atomic E-state index is 0.0143. The van der Waals surface area contributed by atoms with Crippen molar-refractivity contribution in [2.45, 2.75) is 19.0 Å². The average molecular weight is 357 g/mol. The number of carbonyl (C=O) groups is 2. The van der Waals surface area contributed by atoms with Crippen LogP contribution in [0.5, 0.6) is 0 Å². The van der Waals surface area contributed by atoms with Gasteiger partial charge in [0.1, 0.15) is 5.71 Å². The van der Waals surface area contributed by atoms with Crippen molar-refractivity contribution >= 4 is 29.1 Å². The van der Waals surface area contributed by atoms with Gasteiger partial charge < -0.3 is 15.2 Å². The molecule has 2 heterocycles. The summed E-state index contributed by atoms with van der Waals surface area (Å²) in [5.74, 6) is -1.13. The van der Waals surface area contributed by atoms with E-state index >= 15 is 0 Å². The van der Waals surface area contributed by atoms with Crippen LogP contribution in [0.3, 0.4) is 0 Å². The number of nitrogens with zero attached hydrogens (tertiary/aromatic N) is 4. The first-order chi connectivity index (χ1) is 12.6. The van der Waals surface area contributed by atoms with Crippen LogP contribution in [-0.2, 0) is 20.9 Å². The van der Waals surface area contributed by atoms with Crippen molar-refractivity contribution in [3.63, 3.8) is 0 Å². The zero-order valence-corrected chi connectivity index (χ0v) is 14.2. The van der Waals surface area contributed by atoms with Gasteiger partial charge in [0, 0.05) is 25.8 Å². The van der Waals surface area contributed by atoms with E-state index in [1.54, 1.807) is 48.3 Å². The lowest BCUT2D eigenvalue weighted by Gasteiger charge is -2.19. The Bertz CT molecular complexity index is 818. The molecule has 0 fully saturated rings. The van der Waals surface area contributed by atoms with Crippen molar-refractivity contribution in [2.24, 2.45) is 5.10 Å². The first-order valence-electron chi connectivity index (χ1n) is 8.07. The number of hydrogen-bond donors (Lipinski definition) is 2. The van der Waals surface area contributed by atoms with Crippen molar-refractivity contribution in [2.75, 3.05) is 24.0 Å². The lowest BCUT2D eigenvalue weighted by atomic mass is 10.1. The number of anilines is 2. The lowest BCUT2D eigenvalue weighted by molar-refractivity contribution is -0.138. The normalized spacial score (nSPS) is 16.4. The number of aliphatic carboxylic acids is 1. The van der Waals surface area contributed by atoms with Gasteiger partial charge in [0.15, 0.2) is 11.9 Å². The Balaban J connectivity index is 1.72. The average Bonchev–Trinajstić information content (AvgIpc) is 3.28. The smallest absolute Gasteiger partial charge is 0.328 e. The summed E-state index contributed by atoms with van der Waals surface area (Å²) in [6.45, 7) is 1.07. The molecule has 9 heteroatoms. The number of carboxylic acids is 1. The number of hydrazone groups is 1. The molecule has 0 radical (unpaired) electrons. The summed E-state index contributed by atoms with van der Waals surface area (Å²) in [6.07, 6.45) is 1.74. The minimum Gasteiger partial charge on any atom is -0.480 e. The number of hydrogen-bond acceptors (Lipinski definition) is 6. The van der Waals surface area contributed by atoms with Gasteiger partial charge >= 0.3 is 5.97 Å². The fourth-order valence-corrected chi connectivity index (χ4v) is 2.58. The van der Waals surface area contributed by atoms with Gasteiger partial charge in [-0.25, -0.2) is 4.79 Å². The number of nitrogens with one attached hydrogen (secondary N) is 1. The predicted octanol–water partition coefficient (Wildman–Crippen LogP) is 1.19. The van der Waals surface area contributed by atoms with Crippen molar-refractivity contribution in [1.82, 2.24) is 9.78 Å². The summed E-state index contributed by atoms with van der Waals surface area (Å²) in [5, 5.41) is 21.9. The standard InChI is InChI=1S/C17H19N5O4/c1-26-10-9-21-8-7-15(20-21)18-16(23)13-11-14(17(24)25)22(19-13)12-5-3-2-4-6-12/h2-8,14H,9-11H2,1H3,(H,24,25)(H,18,20,23). The first-order valence-corrected chi connectivity index (χ1v) is 8.07. The van der Waals surface area contributed by atoms with Crippen molar-refractivity contribution in [3.8, 4) is 0 Å². The summed E-state index contributed by atoms with van der Waals surface area (Å²) in [4.78, 5) is 24.0. The number of ether oxygens (including phenoxy) is 1. The lowest BCUT2D eigenvalue weighted by Crippen LogP contribution is -2.34. The van der Waals surface area contributed by atoms with Crippen LogP contribution in [-0.4, -0.2) is 52.2 Å². The highest BCUT2D eigenvalue weighted by molar-refractivity contribution is 6.44. The Hall–Kier alpha value is -3.20. The molecule has 1 aromatic heterocycles. The van der Waals surface area contributed by atoms with E-state index in [2.05, 4.69) is 15.5 Å². The quantitative estimate of drug-likeness (QED) is 0.770. The van der Waals surface area contributed by atoms with E-state index < -0.39 is 17.9 Å². The van der Waals surface area contributed by atoms with E-state index in [-0.39, 0.29) is 12.1 Å². The van der Waals surface area contributed by atoms with Crippen LogP contribution >= 0.6 is 0 Å². The zero-order valence-electron chi connectivity index (χ0n) is 14.2. The van der Waals surface area contributed by atoms with E-state index in [4.69, 9.17) is 4.74 Å². The number of rotatable bonds is 7. The van der Waals surface area contributed by atoms with E-state index in [0.717, 1.165) is 0 Å². The molecule has 0 saturated heterocycles. The molecule has 1 aromatic carbocycles. The fourth-order valence-electron chi connectivity index (χ4n) is 2.58. The van der Waals surface area contributed by atoms with Gasteiger partial charge in [-0.1, -0.05) is 18.2 Å². The molecule has 0 aliphatic carbocycles. The summed E-state index contributed by atoms with van der Waals surface area (Å²) >= 11 is 0. The molecular formula is C17H19N5O4. The van der Waals surface area contributed by atoms with Gasteiger partial charge in [-0.15, -0.1) is 0 Å². The second-order valence-electron chi connectivity index (χ2n) is 5.70. The number of amides is 1. The molecule has 2 N–H and O–H groups in total. The molecular weight excluding hydrogens is 338 g/mol. The number of aromatic nitrogens is 2. The van der Waals surface area contributed by atoms with Crippen LogP contribution in [0.25, 0.3) is 0 Å². The van der Waals surface area contributed by atoms with Crippen molar-refractivity contribution in [3.05, 3.63) is 42.6 Å². The summed E-state index contributed by atoms with van der Waals surface area (Å²) in [6, 6.07) is 9.63. The number of methoxy groups -OCH3 is 1. The summed E-state index contributed by atoms with van der Waals surface area (Å²) in [7, 11) is 1.60. The maximum absolute atomic E-state index is 12.4.